The highest BCUT2D eigenvalue weighted by Crippen LogP contribution is 2.25. The van der Waals surface area contributed by atoms with Gasteiger partial charge in [0.2, 0.25) is 0 Å². The topological polar surface area (TPSA) is 40.7 Å². The first-order valence-electron chi connectivity index (χ1n) is 7.13. The lowest BCUT2D eigenvalue weighted by Gasteiger charge is -2.09. The first-order chi connectivity index (χ1) is 10.6. The molecule has 0 unspecified atom stereocenters. The molecule has 110 valence electrons. The second kappa shape index (κ2) is 5.90. The van der Waals surface area contributed by atoms with Crippen molar-refractivity contribution in [3.8, 4) is 11.8 Å². The fourth-order valence-corrected chi connectivity index (χ4v) is 2.11. The smallest absolute Gasteiger partial charge is 0.123 e. The van der Waals surface area contributed by atoms with E-state index < -0.39 is 0 Å². The van der Waals surface area contributed by atoms with Gasteiger partial charge in [-0.1, -0.05) is 25.7 Å². The van der Waals surface area contributed by atoms with Crippen LogP contribution in [0.15, 0.2) is 42.6 Å². The van der Waals surface area contributed by atoms with Crippen LogP contribution >= 0.6 is 0 Å². The van der Waals surface area contributed by atoms with Gasteiger partial charge >= 0.3 is 0 Å². The van der Waals surface area contributed by atoms with Gasteiger partial charge < -0.3 is 5.32 Å². The van der Waals surface area contributed by atoms with E-state index >= 15 is 0 Å². The van der Waals surface area contributed by atoms with E-state index in [9.17, 15) is 4.39 Å². The maximum absolute atomic E-state index is 13.0. The lowest BCUT2D eigenvalue weighted by atomic mass is 10.1. The molecular weight excluding hydrogens is 277 g/mol. The van der Waals surface area contributed by atoms with E-state index in [0.29, 0.717) is 0 Å². The first-order valence-corrected chi connectivity index (χ1v) is 7.13. The van der Waals surface area contributed by atoms with E-state index in [1.807, 2.05) is 12.1 Å². The van der Waals surface area contributed by atoms with Crippen molar-refractivity contribution in [1.29, 1.82) is 0 Å². The minimum absolute atomic E-state index is 0.254. The van der Waals surface area contributed by atoms with Gasteiger partial charge in [-0.3, -0.25) is 5.10 Å². The molecule has 0 spiro atoms. The molecule has 0 saturated carbocycles. The van der Waals surface area contributed by atoms with Gasteiger partial charge in [0.25, 0.3) is 0 Å². The van der Waals surface area contributed by atoms with E-state index in [4.69, 9.17) is 0 Å². The minimum Gasteiger partial charge on any atom is -0.354 e. The number of benzene rings is 2. The fourth-order valence-electron chi connectivity index (χ4n) is 2.11. The quantitative estimate of drug-likeness (QED) is 0.685. The highest BCUT2D eigenvalue weighted by atomic mass is 19.1. The first kappa shape index (κ1) is 14.2. The van der Waals surface area contributed by atoms with Gasteiger partial charge in [0.1, 0.15) is 5.82 Å². The Kier molecular flexibility index (Phi) is 3.80. The van der Waals surface area contributed by atoms with Crippen LogP contribution in [-0.4, -0.2) is 10.2 Å². The summed E-state index contributed by atoms with van der Waals surface area (Å²) >= 11 is 0. The number of hydrogen-bond donors (Lipinski definition) is 2. The summed E-state index contributed by atoms with van der Waals surface area (Å²) in [5.74, 6) is 6.40. The Morgan fingerprint density at radius 1 is 1.18 bits per heavy atom. The van der Waals surface area contributed by atoms with Crippen LogP contribution in [0.3, 0.4) is 0 Å². The number of nitrogens with zero attached hydrogens (tertiary/aromatic N) is 1. The summed E-state index contributed by atoms with van der Waals surface area (Å²) in [6, 6.07) is 10.2. The van der Waals surface area contributed by atoms with Crippen molar-refractivity contribution < 1.29 is 4.39 Å². The lowest BCUT2D eigenvalue weighted by molar-refractivity contribution is 0.628. The molecular formula is C18H16FN3. The molecule has 22 heavy (non-hydrogen) atoms. The SMILES string of the molecule is CC(C)C#Cc1cc2[nH]ncc2cc1Nc1ccc(F)cc1. The normalized spacial score (nSPS) is 10.5. The van der Waals surface area contributed by atoms with Crippen molar-refractivity contribution in [3.05, 3.63) is 54.0 Å². The number of fused-ring (bicyclic) bond motifs is 1. The minimum atomic E-state index is -0.254. The maximum atomic E-state index is 13.0. The van der Waals surface area contributed by atoms with Crippen LogP contribution in [0.5, 0.6) is 0 Å². The van der Waals surface area contributed by atoms with E-state index in [-0.39, 0.29) is 11.7 Å². The van der Waals surface area contributed by atoms with Gasteiger partial charge in [-0.25, -0.2) is 4.39 Å². The molecule has 0 radical (unpaired) electrons. The third-order valence-corrected chi connectivity index (χ3v) is 3.20. The predicted octanol–water partition coefficient (Wildman–Crippen LogP) is 4.45. The predicted molar refractivity (Wildman–Crippen MR) is 87.5 cm³/mol. The largest absolute Gasteiger partial charge is 0.354 e. The summed E-state index contributed by atoms with van der Waals surface area (Å²) in [5.41, 5.74) is 3.53. The summed E-state index contributed by atoms with van der Waals surface area (Å²) in [5, 5.41) is 11.3. The van der Waals surface area contributed by atoms with Crippen molar-refractivity contribution in [2.24, 2.45) is 5.92 Å². The Morgan fingerprint density at radius 2 is 1.95 bits per heavy atom. The lowest BCUT2D eigenvalue weighted by Crippen LogP contribution is -1.94. The average Bonchev–Trinajstić information content (AvgIpc) is 2.94. The number of H-pyrrole nitrogens is 1. The third-order valence-electron chi connectivity index (χ3n) is 3.20. The summed E-state index contributed by atoms with van der Waals surface area (Å²) in [4.78, 5) is 0. The summed E-state index contributed by atoms with van der Waals surface area (Å²) in [7, 11) is 0. The summed E-state index contributed by atoms with van der Waals surface area (Å²) < 4.78 is 13.0. The Bertz CT molecular complexity index is 851. The Balaban J connectivity index is 2.03. The van der Waals surface area contributed by atoms with Crippen molar-refractivity contribution in [2.75, 3.05) is 5.32 Å². The maximum Gasteiger partial charge on any atom is 0.123 e. The molecule has 0 aliphatic rings. The zero-order valence-corrected chi connectivity index (χ0v) is 12.4. The van der Waals surface area contributed by atoms with Crippen LogP contribution < -0.4 is 5.32 Å². The van der Waals surface area contributed by atoms with Crippen LogP contribution in [0.1, 0.15) is 19.4 Å². The van der Waals surface area contributed by atoms with E-state index in [2.05, 4.69) is 41.2 Å². The van der Waals surface area contributed by atoms with Crippen LogP contribution in [0.2, 0.25) is 0 Å². The number of aromatic amines is 1. The summed E-state index contributed by atoms with van der Waals surface area (Å²) in [6.45, 7) is 4.10. The Labute approximate surface area is 128 Å². The molecule has 3 rings (SSSR count). The zero-order chi connectivity index (χ0) is 15.5. The highest BCUT2D eigenvalue weighted by molar-refractivity contribution is 5.86. The summed E-state index contributed by atoms with van der Waals surface area (Å²) in [6.07, 6.45) is 1.77. The number of halogens is 1. The van der Waals surface area contributed by atoms with E-state index in [1.165, 1.54) is 12.1 Å². The van der Waals surface area contributed by atoms with Crippen molar-refractivity contribution in [1.82, 2.24) is 10.2 Å². The average molecular weight is 293 g/mol. The second-order valence-electron chi connectivity index (χ2n) is 5.41. The molecule has 2 N–H and O–H groups in total. The molecule has 2 aromatic carbocycles. The van der Waals surface area contributed by atoms with Gasteiger partial charge in [-0.15, -0.1) is 0 Å². The van der Waals surface area contributed by atoms with Crippen LogP contribution in [0, 0.1) is 23.6 Å². The Morgan fingerprint density at radius 3 is 2.68 bits per heavy atom. The zero-order valence-electron chi connectivity index (χ0n) is 12.4. The molecule has 4 heteroatoms. The highest BCUT2D eigenvalue weighted by Gasteiger charge is 2.06. The molecule has 0 atom stereocenters. The molecule has 1 aromatic heterocycles. The second-order valence-corrected chi connectivity index (χ2v) is 5.41. The van der Waals surface area contributed by atoms with Crippen molar-refractivity contribution in [3.63, 3.8) is 0 Å². The van der Waals surface area contributed by atoms with Gasteiger partial charge in [0, 0.05) is 17.0 Å². The monoisotopic (exact) mass is 293 g/mol. The Hall–Kier alpha value is -2.80. The standard InChI is InChI=1S/C18H16FN3/c1-12(2)3-4-13-9-18-14(11-20-22-18)10-17(13)21-16-7-5-15(19)6-8-16/h5-12,21H,1-2H3,(H,20,22). The van der Waals surface area contributed by atoms with Crippen LogP contribution in [-0.2, 0) is 0 Å². The van der Waals surface area contributed by atoms with Gasteiger partial charge in [-0.05, 0) is 36.4 Å². The molecule has 0 aliphatic carbocycles. The van der Waals surface area contributed by atoms with E-state index in [1.54, 1.807) is 18.3 Å². The third kappa shape index (κ3) is 3.09. The molecule has 0 bridgehead atoms. The van der Waals surface area contributed by atoms with Crippen LogP contribution in [0.25, 0.3) is 10.9 Å². The number of rotatable bonds is 2. The van der Waals surface area contributed by atoms with Gasteiger partial charge in [-0.2, -0.15) is 5.10 Å². The molecule has 0 saturated heterocycles. The number of aromatic nitrogens is 2. The van der Waals surface area contributed by atoms with Gasteiger partial charge in [0.05, 0.1) is 23.0 Å². The van der Waals surface area contributed by atoms with E-state index in [0.717, 1.165) is 27.8 Å². The van der Waals surface area contributed by atoms with Crippen molar-refractivity contribution in [2.45, 2.75) is 13.8 Å². The van der Waals surface area contributed by atoms with Crippen molar-refractivity contribution >= 4 is 22.3 Å². The number of nitrogens with one attached hydrogen (secondary N) is 2. The van der Waals surface area contributed by atoms with Gasteiger partial charge in [0.15, 0.2) is 0 Å². The molecule has 1 heterocycles. The number of anilines is 2. The molecule has 0 fully saturated rings. The van der Waals surface area contributed by atoms with Crippen LogP contribution in [0.4, 0.5) is 15.8 Å². The fraction of sp³-hybridized carbons (Fsp3) is 0.167. The number of hydrogen-bond acceptors (Lipinski definition) is 2. The molecule has 0 aliphatic heterocycles. The molecule has 3 aromatic rings. The molecule has 3 nitrogen and oxygen atoms in total. The molecule has 0 amide bonds.